The van der Waals surface area contributed by atoms with Crippen molar-refractivity contribution in [3.63, 3.8) is 0 Å². The van der Waals surface area contributed by atoms with Gasteiger partial charge in [0.25, 0.3) is 0 Å². The minimum atomic E-state index is 0.646. The van der Waals surface area contributed by atoms with Gasteiger partial charge in [-0.25, -0.2) is 9.97 Å². The maximum absolute atomic E-state index is 5.14. The number of hydrogen-bond donors (Lipinski definition) is 1. The summed E-state index contributed by atoms with van der Waals surface area (Å²) in [6, 6.07) is 10.1. The fourth-order valence-electron chi connectivity index (χ4n) is 2.75. The molecule has 0 aliphatic carbocycles. The quantitative estimate of drug-likeness (QED) is 0.868. The molecule has 0 amide bonds. The van der Waals surface area contributed by atoms with E-state index in [1.54, 1.807) is 7.11 Å². The van der Waals surface area contributed by atoms with E-state index in [0.29, 0.717) is 12.4 Å². The van der Waals surface area contributed by atoms with E-state index in [4.69, 9.17) is 4.74 Å². The third-order valence-corrected chi connectivity index (χ3v) is 4.26. The van der Waals surface area contributed by atoms with E-state index >= 15 is 0 Å². The number of anilines is 1. The van der Waals surface area contributed by atoms with Crippen LogP contribution in [0.3, 0.4) is 0 Å². The molecule has 3 rings (SSSR count). The van der Waals surface area contributed by atoms with Crippen LogP contribution in [-0.2, 0) is 13.1 Å². The van der Waals surface area contributed by atoms with E-state index in [9.17, 15) is 0 Å². The van der Waals surface area contributed by atoms with E-state index in [1.165, 1.54) is 5.56 Å². The van der Waals surface area contributed by atoms with Crippen LogP contribution >= 0.6 is 0 Å². The Morgan fingerprint density at radius 3 is 2.62 bits per heavy atom. The van der Waals surface area contributed by atoms with E-state index in [1.807, 2.05) is 24.4 Å². The Balaban J connectivity index is 1.49. The number of piperazine rings is 1. The Bertz CT molecular complexity index is 638. The number of likely N-dealkylation sites (N-methyl/N-ethyl adjacent to an activating group) is 1. The molecular formula is C18H25N5O. The van der Waals surface area contributed by atoms with Gasteiger partial charge in [-0.15, -0.1) is 0 Å². The molecule has 24 heavy (non-hydrogen) atoms. The molecule has 0 spiro atoms. The van der Waals surface area contributed by atoms with Crippen LogP contribution in [-0.4, -0.2) is 55.2 Å². The summed E-state index contributed by atoms with van der Waals surface area (Å²) in [6.45, 7) is 5.76. The van der Waals surface area contributed by atoms with E-state index < -0.39 is 0 Å². The second-order valence-electron chi connectivity index (χ2n) is 6.09. The van der Waals surface area contributed by atoms with E-state index in [-0.39, 0.29) is 0 Å². The summed E-state index contributed by atoms with van der Waals surface area (Å²) >= 11 is 0. The topological polar surface area (TPSA) is 53.5 Å². The second kappa shape index (κ2) is 8.08. The highest BCUT2D eigenvalue weighted by Crippen LogP contribution is 2.13. The molecule has 1 fully saturated rings. The first-order chi connectivity index (χ1) is 11.7. The lowest BCUT2D eigenvalue weighted by atomic mass is 10.2. The summed E-state index contributed by atoms with van der Waals surface area (Å²) in [7, 11) is 3.80. The molecule has 1 aliphatic rings. The normalized spacial score (nSPS) is 15.5. The molecule has 6 heteroatoms. The van der Waals surface area contributed by atoms with Crippen LogP contribution in [0.25, 0.3) is 0 Å². The van der Waals surface area contributed by atoms with E-state index in [2.05, 4.69) is 44.3 Å². The monoisotopic (exact) mass is 327 g/mol. The van der Waals surface area contributed by atoms with Crippen molar-refractivity contribution >= 4 is 5.82 Å². The van der Waals surface area contributed by atoms with Gasteiger partial charge in [-0.2, -0.15) is 0 Å². The lowest BCUT2D eigenvalue weighted by Gasteiger charge is -2.33. The van der Waals surface area contributed by atoms with Crippen molar-refractivity contribution in [2.75, 3.05) is 45.2 Å². The molecule has 3 heterocycles. The highest BCUT2D eigenvalue weighted by atomic mass is 16.5. The van der Waals surface area contributed by atoms with Gasteiger partial charge in [-0.05, 0) is 24.7 Å². The molecule has 0 unspecified atom stereocenters. The largest absolute Gasteiger partial charge is 0.481 e. The van der Waals surface area contributed by atoms with Crippen LogP contribution in [0.5, 0.6) is 5.88 Å². The number of aromatic nitrogens is 2. The van der Waals surface area contributed by atoms with Crippen molar-refractivity contribution in [1.82, 2.24) is 20.2 Å². The fourth-order valence-corrected chi connectivity index (χ4v) is 2.75. The van der Waals surface area contributed by atoms with Gasteiger partial charge in [-0.1, -0.05) is 12.1 Å². The van der Waals surface area contributed by atoms with Crippen LogP contribution in [0.1, 0.15) is 11.3 Å². The van der Waals surface area contributed by atoms with Crippen molar-refractivity contribution in [3.05, 3.63) is 47.8 Å². The average molecular weight is 327 g/mol. The Hall–Kier alpha value is -2.18. The maximum atomic E-state index is 5.14. The molecule has 1 N–H and O–H groups in total. The maximum Gasteiger partial charge on any atom is 0.213 e. The number of methoxy groups -OCH3 is 1. The third-order valence-electron chi connectivity index (χ3n) is 4.26. The van der Waals surface area contributed by atoms with Gasteiger partial charge >= 0.3 is 0 Å². The molecule has 2 aromatic rings. The zero-order valence-electron chi connectivity index (χ0n) is 14.4. The van der Waals surface area contributed by atoms with Gasteiger partial charge in [0.05, 0.1) is 12.8 Å². The number of nitrogens with one attached hydrogen (secondary N) is 1. The molecule has 128 valence electrons. The molecule has 0 bridgehead atoms. The number of pyridine rings is 2. The van der Waals surface area contributed by atoms with Crippen molar-refractivity contribution in [2.45, 2.75) is 13.1 Å². The molecule has 0 radical (unpaired) electrons. The molecule has 2 aromatic heterocycles. The van der Waals surface area contributed by atoms with Crippen LogP contribution in [0, 0.1) is 0 Å². The molecule has 1 aliphatic heterocycles. The molecule has 1 saturated heterocycles. The lowest BCUT2D eigenvalue weighted by molar-refractivity contribution is 0.312. The number of hydrogen-bond acceptors (Lipinski definition) is 6. The molecule has 0 aromatic carbocycles. The molecule has 0 saturated carbocycles. The summed E-state index contributed by atoms with van der Waals surface area (Å²) in [5.74, 6) is 1.72. The Kier molecular flexibility index (Phi) is 5.61. The predicted molar refractivity (Wildman–Crippen MR) is 95.3 cm³/mol. The predicted octanol–water partition coefficient (Wildman–Crippen LogP) is 1.53. The first-order valence-corrected chi connectivity index (χ1v) is 8.33. The minimum absolute atomic E-state index is 0.646. The summed E-state index contributed by atoms with van der Waals surface area (Å²) in [5, 5.41) is 3.40. The van der Waals surface area contributed by atoms with Crippen molar-refractivity contribution in [2.24, 2.45) is 0 Å². The van der Waals surface area contributed by atoms with E-state index in [0.717, 1.165) is 44.2 Å². The number of ether oxygens (including phenoxy) is 1. The second-order valence-corrected chi connectivity index (χ2v) is 6.09. The Labute approximate surface area is 143 Å². The highest BCUT2D eigenvalue weighted by molar-refractivity contribution is 5.39. The van der Waals surface area contributed by atoms with Crippen molar-refractivity contribution < 1.29 is 4.74 Å². The van der Waals surface area contributed by atoms with Gasteiger partial charge in [-0.3, -0.25) is 0 Å². The number of nitrogens with zero attached hydrogens (tertiary/aromatic N) is 4. The highest BCUT2D eigenvalue weighted by Gasteiger charge is 2.14. The molecule has 6 nitrogen and oxygen atoms in total. The Morgan fingerprint density at radius 2 is 1.92 bits per heavy atom. The van der Waals surface area contributed by atoms with Gasteiger partial charge in [0.2, 0.25) is 5.88 Å². The molecular weight excluding hydrogens is 302 g/mol. The van der Waals surface area contributed by atoms with Crippen molar-refractivity contribution in [1.29, 1.82) is 0 Å². The van der Waals surface area contributed by atoms with Crippen LogP contribution in [0.15, 0.2) is 36.5 Å². The SMILES string of the molecule is COc1cccc(CNCc2ccc(N3CCN(C)CC3)nc2)n1. The lowest BCUT2D eigenvalue weighted by Crippen LogP contribution is -2.44. The fraction of sp³-hybridized carbons (Fsp3) is 0.444. The summed E-state index contributed by atoms with van der Waals surface area (Å²) in [4.78, 5) is 13.7. The van der Waals surface area contributed by atoms with Gasteiger partial charge in [0, 0.05) is 51.5 Å². The first-order valence-electron chi connectivity index (χ1n) is 8.33. The standard InChI is InChI=1S/C18H25N5O/c1-22-8-10-23(11-9-22)17-7-6-15(13-20-17)12-19-14-16-4-3-5-18(21-16)24-2/h3-7,13,19H,8-12,14H2,1-2H3. The van der Waals surface area contributed by atoms with Crippen LogP contribution < -0.4 is 15.0 Å². The van der Waals surface area contributed by atoms with Gasteiger partial charge in [0.1, 0.15) is 5.82 Å². The van der Waals surface area contributed by atoms with Crippen LogP contribution in [0.4, 0.5) is 5.82 Å². The summed E-state index contributed by atoms with van der Waals surface area (Å²) < 4.78 is 5.14. The minimum Gasteiger partial charge on any atom is -0.481 e. The van der Waals surface area contributed by atoms with Crippen LogP contribution in [0.2, 0.25) is 0 Å². The van der Waals surface area contributed by atoms with Crippen molar-refractivity contribution in [3.8, 4) is 5.88 Å². The summed E-state index contributed by atoms with van der Waals surface area (Å²) in [5.41, 5.74) is 2.15. The number of rotatable bonds is 6. The zero-order chi connectivity index (χ0) is 16.8. The molecule has 0 atom stereocenters. The Morgan fingerprint density at radius 1 is 1.08 bits per heavy atom. The summed E-state index contributed by atoms with van der Waals surface area (Å²) in [6.07, 6.45) is 1.96. The third kappa shape index (κ3) is 4.43. The van der Waals surface area contributed by atoms with Gasteiger partial charge < -0.3 is 19.9 Å². The average Bonchev–Trinajstić information content (AvgIpc) is 2.63. The zero-order valence-corrected chi connectivity index (χ0v) is 14.4. The smallest absolute Gasteiger partial charge is 0.213 e. The first kappa shape index (κ1) is 16.7. The van der Waals surface area contributed by atoms with Gasteiger partial charge in [0.15, 0.2) is 0 Å².